The Morgan fingerprint density at radius 3 is 2.70 bits per heavy atom. The SMILES string of the molecule is Nc1ncnn2c1c(-c1ccc(NC(=O)c3c4n(n(-c5ccccn5)c3=O)CCOC4)cc1F)cc2[C@H]1CC[C@@H](O)CC1. The van der Waals surface area contributed by atoms with Gasteiger partial charge in [-0.05, 0) is 62.1 Å². The summed E-state index contributed by atoms with van der Waals surface area (Å²) in [4.78, 5) is 35.3. The quantitative estimate of drug-likeness (QED) is 0.284. The third kappa shape index (κ3) is 4.66. The van der Waals surface area contributed by atoms with E-state index in [0.717, 1.165) is 18.5 Å². The fourth-order valence-corrected chi connectivity index (χ4v) is 6.19. The second-order valence-corrected chi connectivity index (χ2v) is 10.8. The highest BCUT2D eigenvalue weighted by molar-refractivity contribution is 6.05. The molecule has 0 atom stereocenters. The van der Waals surface area contributed by atoms with Crippen molar-refractivity contribution in [2.75, 3.05) is 17.7 Å². The van der Waals surface area contributed by atoms with Crippen LogP contribution in [0.25, 0.3) is 22.5 Å². The van der Waals surface area contributed by atoms with Crippen LogP contribution in [0.3, 0.4) is 0 Å². The van der Waals surface area contributed by atoms with Crippen LogP contribution in [0, 0.1) is 5.82 Å². The summed E-state index contributed by atoms with van der Waals surface area (Å²) in [5, 5.41) is 17.1. The van der Waals surface area contributed by atoms with E-state index >= 15 is 4.39 Å². The number of carbonyl (C=O) groups is 1. The van der Waals surface area contributed by atoms with Crippen LogP contribution in [0.15, 0.2) is 59.8 Å². The predicted molar refractivity (Wildman–Crippen MR) is 155 cm³/mol. The average Bonchev–Trinajstić information content (AvgIpc) is 3.54. The van der Waals surface area contributed by atoms with Gasteiger partial charge in [0.05, 0.1) is 31.6 Å². The van der Waals surface area contributed by atoms with Gasteiger partial charge in [-0.3, -0.25) is 14.3 Å². The maximum Gasteiger partial charge on any atom is 0.286 e. The van der Waals surface area contributed by atoms with E-state index in [1.165, 1.54) is 17.1 Å². The van der Waals surface area contributed by atoms with Crippen molar-refractivity contribution in [2.24, 2.45) is 0 Å². The Balaban J connectivity index is 1.22. The molecule has 1 aliphatic heterocycles. The van der Waals surface area contributed by atoms with Crippen molar-refractivity contribution in [2.45, 2.75) is 50.9 Å². The number of nitrogen functional groups attached to an aromatic ring is 1. The zero-order chi connectivity index (χ0) is 29.7. The zero-order valence-electron chi connectivity index (χ0n) is 23.1. The average molecular weight is 585 g/mol. The summed E-state index contributed by atoms with van der Waals surface area (Å²) in [5.74, 6) is -0.527. The molecule has 1 fully saturated rings. The predicted octanol–water partition coefficient (Wildman–Crippen LogP) is 3.27. The number of rotatable bonds is 5. The molecule has 13 heteroatoms. The van der Waals surface area contributed by atoms with Gasteiger partial charge in [0, 0.05) is 34.6 Å². The van der Waals surface area contributed by atoms with Crippen LogP contribution in [-0.2, 0) is 17.9 Å². The number of carbonyl (C=O) groups excluding carboxylic acids is 1. The number of nitrogens with two attached hydrogens (primary N) is 1. The summed E-state index contributed by atoms with van der Waals surface area (Å²) in [5.41, 5.74) is 8.41. The number of halogens is 1. The fraction of sp³-hybridized carbons (Fsp3) is 0.300. The number of aromatic nitrogens is 6. The highest BCUT2D eigenvalue weighted by Crippen LogP contribution is 2.39. The first-order valence-corrected chi connectivity index (χ1v) is 14.2. The molecule has 2 aliphatic rings. The van der Waals surface area contributed by atoms with E-state index in [-0.39, 0.29) is 41.3 Å². The number of nitrogens with one attached hydrogen (secondary N) is 1. The molecule has 12 nitrogen and oxygen atoms in total. The highest BCUT2D eigenvalue weighted by atomic mass is 19.1. The van der Waals surface area contributed by atoms with E-state index in [9.17, 15) is 14.7 Å². The summed E-state index contributed by atoms with van der Waals surface area (Å²) in [6, 6.07) is 11.4. The minimum atomic E-state index is -0.671. The monoisotopic (exact) mass is 584 g/mol. The normalized spacial score (nSPS) is 18.5. The van der Waals surface area contributed by atoms with Crippen molar-refractivity contribution in [3.63, 3.8) is 0 Å². The number of fused-ring (bicyclic) bond motifs is 2. The number of amides is 1. The number of aliphatic hydroxyl groups excluding tert-OH is 1. The molecule has 0 spiro atoms. The van der Waals surface area contributed by atoms with Gasteiger partial charge in [0.1, 0.15) is 23.2 Å². The number of hydrogen-bond donors (Lipinski definition) is 3. The molecule has 0 saturated heterocycles. The van der Waals surface area contributed by atoms with Gasteiger partial charge in [-0.25, -0.2) is 18.9 Å². The first kappa shape index (κ1) is 27.0. The molecule has 5 aromatic rings. The van der Waals surface area contributed by atoms with E-state index in [1.54, 1.807) is 45.7 Å². The number of ether oxygens (including phenoxy) is 1. The van der Waals surface area contributed by atoms with Crippen molar-refractivity contribution in [1.82, 2.24) is 28.9 Å². The van der Waals surface area contributed by atoms with Crippen LogP contribution in [-0.4, -0.2) is 52.7 Å². The summed E-state index contributed by atoms with van der Waals surface area (Å²) in [6.07, 6.45) is 5.55. The van der Waals surface area contributed by atoms with Crippen LogP contribution in [0.1, 0.15) is 53.3 Å². The topological polar surface area (TPSA) is 155 Å². The number of benzene rings is 1. The zero-order valence-corrected chi connectivity index (χ0v) is 23.1. The Hall–Kier alpha value is -4.88. The maximum absolute atomic E-state index is 15.8. The van der Waals surface area contributed by atoms with Gasteiger partial charge in [-0.2, -0.15) is 9.78 Å². The lowest BCUT2D eigenvalue weighted by atomic mass is 9.85. The molecular weight excluding hydrogens is 555 g/mol. The van der Waals surface area contributed by atoms with E-state index in [1.807, 2.05) is 6.07 Å². The molecule has 5 heterocycles. The molecule has 43 heavy (non-hydrogen) atoms. The molecule has 1 aromatic carbocycles. The first-order chi connectivity index (χ1) is 20.9. The third-order valence-electron chi connectivity index (χ3n) is 8.27. The number of nitrogens with zero attached hydrogens (tertiary/aromatic N) is 6. The Morgan fingerprint density at radius 1 is 1.09 bits per heavy atom. The Bertz CT molecular complexity index is 1910. The largest absolute Gasteiger partial charge is 0.393 e. The number of hydrogen-bond acceptors (Lipinski definition) is 8. The molecule has 1 amide bonds. The van der Waals surface area contributed by atoms with E-state index in [4.69, 9.17) is 10.5 Å². The molecule has 0 radical (unpaired) electrons. The highest BCUT2D eigenvalue weighted by Gasteiger charge is 2.30. The smallest absolute Gasteiger partial charge is 0.286 e. The van der Waals surface area contributed by atoms with Gasteiger partial charge in [-0.1, -0.05) is 6.07 Å². The molecule has 0 unspecified atom stereocenters. The first-order valence-electron chi connectivity index (χ1n) is 14.2. The van der Waals surface area contributed by atoms with Gasteiger partial charge in [0.15, 0.2) is 11.6 Å². The molecule has 1 saturated carbocycles. The van der Waals surface area contributed by atoms with Gasteiger partial charge in [0.2, 0.25) is 0 Å². The minimum absolute atomic E-state index is 0.0820. The van der Waals surface area contributed by atoms with Crippen LogP contribution < -0.4 is 16.6 Å². The summed E-state index contributed by atoms with van der Waals surface area (Å²) in [7, 11) is 0. The van der Waals surface area contributed by atoms with Crippen LogP contribution in [0.2, 0.25) is 0 Å². The third-order valence-corrected chi connectivity index (χ3v) is 8.27. The second-order valence-electron chi connectivity index (χ2n) is 10.8. The van der Waals surface area contributed by atoms with Crippen molar-refractivity contribution in [3.05, 3.63) is 88.1 Å². The Kier molecular flexibility index (Phi) is 6.75. The van der Waals surface area contributed by atoms with Crippen LogP contribution in [0.4, 0.5) is 15.9 Å². The standard InChI is InChI=1S/C30H29FN8O4/c31-22-13-18(36-29(41)26-24-15-43-12-11-37(24)39(30(26)42)25-3-1-2-10-33-25)6-9-20(22)21-14-23(17-4-7-19(40)8-5-17)38-27(21)28(32)34-16-35-38/h1-3,6,9-10,13-14,16-17,19,40H,4-5,7-8,11-12,15H2,(H,36,41)(H2,32,34,35)/t17-,19+. The van der Waals surface area contributed by atoms with E-state index in [2.05, 4.69) is 20.4 Å². The van der Waals surface area contributed by atoms with Crippen molar-refractivity contribution >= 4 is 22.9 Å². The van der Waals surface area contributed by atoms with Crippen molar-refractivity contribution < 1.29 is 19.0 Å². The number of anilines is 2. The lowest BCUT2D eigenvalue weighted by Crippen LogP contribution is -2.27. The molecule has 220 valence electrons. The van der Waals surface area contributed by atoms with Gasteiger partial charge in [0.25, 0.3) is 11.5 Å². The van der Waals surface area contributed by atoms with Gasteiger partial charge in [-0.15, -0.1) is 0 Å². The van der Waals surface area contributed by atoms with Crippen molar-refractivity contribution in [3.8, 4) is 16.9 Å². The van der Waals surface area contributed by atoms with E-state index < -0.39 is 17.3 Å². The number of pyridine rings is 1. The molecular formula is C30H29FN8O4. The Labute approximate surface area is 244 Å². The molecule has 7 rings (SSSR count). The minimum Gasteiger partial charge on any atom is -0.393 e. The second kappa shape index (κ2) is 10.7. The molecule has 1 aliphatic carbocycles. The maximum atomic E-state index is 15.8. The van der Waals surface area contributed by atoms with E-state index in [0.29, 0.717) is 48.6 Å². The lowest BCUT2D eigenvalue weighted by molar-refractivity contribution is 0.0755. The molecule has 4 aromatic heterocycles. The molecule has 4 N–H and O–H groups in total. The lowest BCUT2D eigenvalue weighted by Gasteiger charge is -2.24. The van der Waals surface area contributed by atoms with Gasteiger partial charge < -0.3 is 20.9 Å². The number of aliphatic hydroxyl groups is 1. The summed E-state index contributed by atoms with van der Waals surface area (Å²) >= 11 is 0. The van der Waals surface area contributed by atoms with Crippen molar-refractivity contribution in [1.29, 1.82) is 0 Å². The van der Waals surface area contributed by atoms with Crippen LogP contribution in [0.5, 0.6) is 0 Å². The van der Waals surface area contributed by atoms with Gasteiger partial charge >= 0.3 is 0 Å². The molecule has 0 bridgehead atoms. The summed E-state index contributed by atoms with van der Waals surface area (Å²) < 4.78 is 26.1. The summed E-state index contributed by atoms with van der Waals surface area (Å²) in [6.45, 7) is 0.842. The van der Waals surface area contributed by atoms with Crippen LogP contribution >= 0.6 is 0 Å². The fourth-order valence-electron chi connectivity index (χ4n) is 6.19. The Morgan fingerprint density at radius 2 is 1.93 bits per heavy atom.